The summed E-state index contributed by atoms with van der Waals surface area (Å²) in [5, 5.41) is 9.11. The summed E-state index contributed by atoms with van der Waals surface area (Å²) in [6, 6.07) is 10.3. The van der Waals surface area contributed by atoms with Crippen LogP contribution in [0, 0.1) is 17.1 Å². The lowest BCUT2D eigenvalue weighted by Gasteiger charge is -2.11. The van der Waals surface area contributed by atoms with Gasteiger partial charge in [0.15, 0.2) is 12.0 Å². The fourth-order valence-electron chi connectivity index (χ4n) is 1.53. The summed E-state index contributed by atoms with van der Waals surface area (Å²) in [5.74, 6) is -0.584. The molecule has 2 aromatic rings. The van der Waals surface area contributed by atoms with Crippen molar-refractivity contribution in [1.82, 2.24) is 0 Å². The zero-order valence-electron chi connectivity index (χ0n) is 9.56. The van der Waals surface area contributed by atoms with Crippen LogP contribution in [0.3, 0.4) is 0 Å². The Kier molecular flexibility index (Phi) is 3.79. The number of ether oxygens (including phenoxy) is 1. The van der Waals surface area contributed by atoms with Crippen LogP contribution in [0.1, 0.15) is 15.9 Å². The summed E-state index contributed by atoms with van der Waals surface area (Å²) in [4.78, 5) is 10.9. The third-order valence-electron chi connectivity index (χ3n) is 2.42. The fraction of sp³-hybridized carbons (Fsp3) is 0. The van der Waals surface area contributed by atoms with Gasteiger partial charge in [0.25, 0.3) is 0 Å². The average Bonchev–Trinajstić information content (AvgIpc) is 2.41. The van der Waals surface area contributed by atoms with Gasteiger partial charge in [-0.1, -0.05) is 23.7 Å². The molecule has 0 aliphatic heterocycles. The predicted octanol–water partition coefficient (Wildman–Crippen LogP) is 3.96. The van der Waals surface area contributed by atoms with Crippen molar-refractivity contribution in [3.63, 3.8) is 0 Å². The number of halogens is 2. The number of aldehydes is 1. The van der Waals surface area contributed by atoms with Crippen LogP contribution in [0.15, 0.2) is 36.4 Å². The normalized spacial score (nSPS) is 9.74. The number of benzene rings is 2. The minimum absolute atomic E-state index is 0.0127. The lowest BCUT2D eigenvalue weighted by molar-refractivity contribution is 0.112. The van der Waals surface area contributed by atoms with E-state index in [1.165, 1.54) is 24.3 Å². The molecular formula is C14H7ClFNO2. The van der Waals surface area contributed by atoms with E-state index in [2.05, 4.69) is 0 Å². The van der Waals surface area contributed by atoms with Crippen molar-refractivity contribution in [3.8, 4) is 17.6 Å². The number of rotatable bonds is 3. The molecule has 0 saturated carbocycles. The SMILES string of the molecule is N#Cc1c(F)cccc1Oc1c(Cl)cccc1C=O. The van der Waals surface area contributed by atoms with Crippen LogP contribution in [0.5, 0.6) is 11.5 Å². The van der Waals surface area contributed by atoms with E-state index in [0.29, 0.717) is 6.29 Å². The summed E-state index contributed by atoms with van der Waals surface area (Å²) >= 11 is 5.93. The second-order valence-corrected chi connectivity index (χ2v) is 4.01. The minimum Gasteiger partial charge on any atom is -0.454 e. The molecule has 0 bridgehead atoms. The quantitative estimate of drug-likeness (QED) is 0.797. The van der Waals surface area contributed by atoms with Crippen LogP contribution < -0.4 is 4.74 Å². The number of hydrogen-bond acceptors (Lipinski definition) is 3. The number of hydrogen-bond donors (Lipinski definition) is 0. The Hall–Kier alpha value is -2.38. The van der Waals surface area contributed by atoms with Gasteiger partial charge in [0.05, 0.1) is 10.6 Å². The molecule has 0 aromatic heterocycles. The van der Waals surface area contributed by atoms with E-state index in [1.54, 1.807) is 12.1 Å². The Balaban J connectivity index is 2.51. The first kappa shape index (κ1) is 13.1. The predicted molar refractivity (Wildman–Crippen MR) is 68.0 cm³/mol. The van der Waals surface area contributed by atoms with E-state index >= 15 is 0 Å². The Morgan fingerprint density at radius 1 is 1.26 bits per heavy atom. The third-order valence-corrected chi connectivity index (χ3v) is 2.72. The van der Waals surface area contributed by atoms with Gasteiger partial charge in [-0.3, -0.25) is 4.79 Å². The zero-order chi connectivity index (χ0) is 13.8. The molecule has 0 atom stereocenters. The van der Waals surface area contributed by atoms with Gasteiger partial charge < -0.3 is 4.74 Å². The standard InChI is InChI=1S/C14H7ClFNO2/c15-11-4-1-3-9(8-18)14(11)19-13-6-2-5-12(16)10(13)7-17/h1-6,8H. The molecule has 3 nitrogen and oxygen atoms in total. The highest BCUT2D eigenvalue weighted by atomic mass is 35.5. The molecule has 0 spiro atoms. The molecule has 0 amide bonds. The lowest BCUT2D eigenvalue weighted by atomic mass is 10.2. The molecule has 2 aromatic carbocycles. The maximum atomic E-state index is 13.4. The van der Waals surface area contributed by atoms with Gasteiger partial charge in [-0.25, -0.2) is 4.39 Å². The van der Waals surface area contributed by atoms with Crippen LogP contribution in [0.25, 0.3) is 0 Å². The van der Waals surface area contributed by atoms with Gasteiger partial charge in [0, 0.05) is 0 Å². The highest BCUT2D eigenvalue weighted by molar-refractivity contribution is 6.32. The Morgan fingerprint density at radius 3 is 2.68 bits per heavy atom. The van der Waals surface area contributed by atoms with Crippen molar-refractivity contribution in [3.05, 3.63) is 58.4 Å². The monoisotopic (exact) mass is 275 g/mol. The first-order valence-electron chi connectivity index (χ1n) is 5.27. The molecule has 0 unspecified atom stereocenters. The molecule has 0 radical (unpaired) electrons. The molecular weight excluding hydrogens is 269 g/mol. The van der Waals surface area contributed by atoms with Crippen LogP contribution in [-0.2, 0) is 0 Å². The smallest absolute Gasteiger partial charge is 0.156 e. The number of nitriles is 1. The van der Waals surface area contributed by atoms with Crippen LogP contribution in [0.4, 0.5) is 4.39 Å². The highest BCUT2D eigenvalue weighted by Gasteiger charge is 2.14. The Morgan fingerprint density at radius 2 is 2.00 bits per heavy atom. The van der Waals surface area contributed by atoms with Gasteiger partial charge in [-0.15, -0.1) is 0 Å². The van der Waals surface area contributed by atoms with E-state index in [1.807, 2.05) is 0 Å². The van der Waals surface area contributed by atoms with Gasteiger partial charge in [-0.2, -0.15) is 5.26 Å². The maximum absolute atomic E-state index is 13.4. The van der Waals surface area contributed by atoms with E-state index < -0.39 is 5.82 Å². The molecule has 0 heterocycles. The Labute approximate surface area is 113 Å². The van der Waals surface area contributed by atoms with Gasteiger partial charge in [0.1, 0.15) is 23.2 Å². The first-order valence-corrected chi connectivity index (χ1v) is 5.65. The molecule has 0 saturated heterocycles. The van der Waals surface area contributed by atoms with Crippen LogP contribution >= 0.6 is 11.6 Å². The topological polar surface area (TPSA) is 50.1 Å². The average molecular weight is 276 g/mol. The largest absolute Gasteiger partial charge is 0.454 e. The maximum Gasteiger partial charge on any atom is 0.156 e. The minimum atomic E-state index is -0.695. The third kappa shape index (κ3) is 2.56. The first-order chi connectivity index (χ1) is 9.17. The zero-order valence-corrected chi connectivity index (χ0v) is 10.3. The molecule has 94 valence electrons. The highest BCUT2D eigenvalue weighted by Crippen LogP contribution is 2.34. The molecule has 0 aliphatic rings. The van der Waals surface area contributed by atoms with Crippen molar-refractivity contribution >= 4 is 17.9 Å². The molecule has 5 heteroatoms. The number of para-hydroxylation sites is 1. The molecule has 0 aliphatic carbocycles. The van der Waals surface area contributed by atoms with Gasteiger partial charge in [-0.05, 0) is 24.3 Å². The second-order valence-electron chi connectivity index (χ2n) is 3.60. The summed E-state index contributed by atoms with van der Waals surface area (Å²) in [5.41, 5.74) is -0.0140. The van der Waals surface area contributed by atoms with Crippen LogP contribution in [-0.4, -0.2) is 6.29 Å². The van der Waals surface area contributed by atoms with E-state index in [-0.39, 0.29) is 27.6 Å². The number of nitrogens with zero attached hydrogens (tertiary/aromatic N) is 1. The van der Waals surface area contributed by atoms with E-state index in [4.69, 9.17) is 21.6 Å². The summed E-state index contributed by atoms with van der Waals surface area (Å²) in [6.45, 7) is 0. The molecule has 19 heavy (non-hydrogen) atoms. The van der Waals surface area contributed by atoms with Crippen molar-refractivity contribution in [2.45, 2.75) is 0 Å². The molecule has 2 rings (SSSR count). The number of carbonyl (C=O) groups is 1. The second kappa shape index (κ2) is 5.51. The summed E-state index contributed by atoms with van der Waals surface area (Å²) in [7, 11) is 0. The van der Waals surface area contributed by atoms with Crippen molar-refractivity contribution in [2.24, 2.45) is 0 Å². The van der Waals surface area contributed by atoms with Gasteiger partial charge in [0.2, 0.25) is 0 Å². The summed E-state index contributed by atoms with van der Waals surface area (Å²) < 4.78 is 18.8. The van der Waals surface area contributed by atoms with Crippen LogP contribution in [0.2, 0.25) is 5.02 Å². The van der Waals surface area contributed by atoms with Crippen molar-refractivity contribution in [2.75, 3.05) is 0 Å². The number of carbonyl (C=O) groups excluding carboxylic acids is 1. The molecule has 0 N–H and O–H groups in total. The van der Waals surface area contributed by atoms with Gasteiger partial charge >= 0.3 is 0 Å². The lowest BCUT2D eigenvalue weighted by Crippen LogP contribution is -1.95. The van der Waals surface area contributed by atoms with E-state index in [9.17, 15) is 9.18 Å². The fourth-order valence-corrected chi connectivity index (χ4v) is 1.75. The van der Waals surface area contributed by atoms with E-state index in [0.717, 1.165) is 6.07 Å². The Bertz CT molecular complexity index is 680. The summed E-state index contributed by atoms with van der Waals surface area (Å²) in [6.07, 6.45) is 0.576. The van der Waals surface area contributed by atoms with Crippen molar-refractivity contribution < 1.29 is 13.9 Å². The van der Waals surface area contributed by atoms with Crippen molar-refractivity contribution in [1.29, 1.82) is 5.26 Å². The molecule has 0 fully saturated rings.